The quantitative estimate of drug-likeness (QED) is 0.671. The van der Waals surface area contributed by atoms with Gasteiger partial charge in [-0.05, 0) is 30.3 Å². The third kappa shape index (κ3) is 4.32. The fourth-order valence-corrected chi connectivity index (χ4v) is 2.35. The van der Waals surface area contributed by atoms with E-state index in [0.717, 1.165) is 12.1 Å². The van der Waals surface area contributed by atoms with Gasteiger partial charge in [-0.1, -0.05) is 0 Å². The van der Waals surface area contributed by atoms with Crippen molar-refractivity contribution in [3.8, 4) is 11.5 Å². The second-order valence-electron chi connectivity index (χ2n) is 5.54. The van der Waals surface area contributed by atoms with Crippen molar-refractivity contribution in [2.24, 2.45) is 0 Å². The van der Waals surface area contributed by atoms with E-state index in [0.29, 0.717) is 17.2 Å². The number of nitrogens with one attached hydrogen (secondary N) is 2. The Morgan fingerprint density at radius 3 is 2.54 bits per heavy atom. The first-order valence-corrected chi connectivity index (χ1v) is 8.08. The van der Waals surface area contributed by atoms with Crippen LogP contribution < -0.4 is 20.1 Å². The molecule has 0 aliphatic carbocycles. The maximum atomic E-state index is 13.3. The lowest BCUT2D eigenvalue weighted by Gasteiger charge is -2.12. The van der Waals surface area contributed by atoms with E-state index in [1.54, 1.807) is 18.2 Å². The number of methoxy groups -OCH3 is 2. The lowest BCUT2D eigenvalue weighted by Crippen LogP contribution is -2.15. The molecule has 1 aromatic heterocycles. The summed E-state index contributed by atoms with van der Waals surface area (Å²) in [6.45, 7) is 0. The Morgan fingerprint density at radius 1 is 1.00 bits per heavy atom. The number of aromatic nitrogens is 2. The van der Waals surface area contributed by atoms with Gasteiger partial charge in [-0.15, -0.1) is 0 Å². The summed E-state index contributed by atoms with van der Waals surface area (Å²) in [5, 5.41) is 5.41. The number of rotatable bonds is 6. The monoisotopic (exact) mass is 386 g/mol. The van der Waals surface area contributed by atoms with Crippen LogP contribution in [0.5, 0.6) is 11.5 Å². The third-order valence-corrected chi connectivity index (χ3v) is 3.72. The normalized spacial score (nSPS) is 10.3. The van der Waals surface area contributed by atoms with Crippen molar-refractivity contribution in [2.75, 3.05) is 24.9 Å². The lowest BCUT2D eigenvalue weighted by molar-refractivity contribution is 0.102. The minimum absolute atomic E-state index is 0.0521. The van der Waals surface area contributed by atoms with E-state index in [1.807, 2.05) is 0 Å². The second kappa shape index (κ2) is 8.30. The molecule has 1 heterocycles. The van der Waals surface area contributed by atoms with E-state index >= 15 is 0 Å². The van der Waals surface area contributed by atoms with Gasteiger partial charge in [-0.3, -0.25) is 4.79 Å². The summed E-state index contributed by atoms with van der Waals surface area (Å²) in [7, 11) is 2.99. The Labute approximate surface area is 159 Å². The number of hydrogen-bond donors (Lipinski definition) is 2. The predicted molar refractivity (Wildman–Crippen MR) is 99.2 cm³/mol. The average Bonchev–Trinajstić information content (AvgIpc) is 2.71. The van der Waals surface area contributed by atoms with Crippen LogP contribution >= 0.6 is 0 Å². The Bertz CT molecular complexity index is 1010. The molecule has 3 aromatic rings. The number of benzene rings is 2. The van der Waals surface area contributed by atoms with Gasteiger partial charge >= 0.3 is 0 Å². The molecular weight excluding hydrogens is 370 g/mol. The van der Waals surface area contributed by atoms with Crippen LogP contribution in [0.4, 0.5) is 26.1 Å². The van der Waals surface area contributed by atoms with E-state index in [-0.39, 0.29) is 17.3 Å². The van der Waals surface area contributed by atoms with Crippen molar-refractivity contribution in [1.82, 2.24) is 9.97 Å². The lowest BCUT2D eigenvalue weighted by atomic mass is 10.2. The Hall–Kier alpha value is -3.75. The molecule has 0 atom stereocenters. The molecule has 2 N–H and O–H groups in total. The molecule has 7 nitrogen and oxygen atoms in total. The van der Waals surface area contributed by atoms with E-state index in [4.69, 9.17) is 9.47 Å². The molecule has 0 radical (unpaired) electrons. The molecule has 1 amide bonds. The summed E-state index contributed by atoms with van der Waals surface area (Å²) in [5.74, 6) is -1.45. The zero-order valence-electron chi connectivity index (χ0n) is 15.0. The maximum absolute atomic E-state index is 13.3. The number of nitrogens with zero attached hydrogens (tertiary/aromatic N) is 2. The highest BCUT2D eigenvalue weighted by molar-refractivity contribution is 6.04. The maximum Gasteiger partial charge on any atom is 0.274 e. The largest absolute Gasteiger partial charge is 0.497 e. The molecule has 0 aliphatic heterocycles. The second-order valence-corrected chi connectivity index (χ2v) is 5.54. The molecule has 144 valence electrons. The fourth-order valence-electron chi connectivity index (χ4n) is 2.35. The van der Waals surface area contributed by atoms with Crippen molar-refractivity contribution in [3.05, 3.63) is 66.0 Å². The highest BCUT2D eigenvalue weighted by atomic mass is 19.2. The van der Waals surface area contributed by atoms with Crippen LogP contribution in [0.2, 0.25) is 0 Å². The topological polar surface area (TPSA) is 85.4 Å². The molecule has 0 fully saturated rings. The number of amides is 1. The van der Waals surface area contributed by atoms with Crippen molar-refractivity contribution < 1.29 is 23.0 Å². The molecule has 0 aliphatic rings. The summed E-state index contributed by atoms with van der Waals surface area (Å²) in [5.41, 5.74) is 0.705. The minimum atomic E-state index is -1.01. The van der Waals surface area contributed by atoms with Crippen LogP contribution in [-0.2, 0) is 0 Å². The molecule has 28 heavy (non-hydrogen) atoms. The number of anilines is 3. The first-order valence-electron chi connectivity index (χ1n) is 8.08. The van der Waals surface area contributed by atoms with Gasteiger partial charge in [0.25, 0.3) is 5.91 Å². The Kier molecular flexibility index (Phi) is 5.64. The predicted octanol–water partition coefficient (Wildman–Crippen LogP) is 3.77. The van der Waals surface area contributed by atoms with Crippen molar-refractivity contribution in [3.63, 3.8) is 0 Å². The van der Waals surface area contributed by atoms with E-state index in [2.05, 4.69) is 20.6 Å². The van der Waals surface area contributed by atoms with Gasteiger partial charge in [-0.25, -0.2) is 18.7 Å². The molecule has 0 spiro atoms. The van der Waals surface area contributed by atoms with Gasteiger partial charge in [0.15, 0.2) is 11.6 Å². The SMILES string of the molecule is COc1ccc(OC)c(NC(=O)c2ccnc(Nc3ccc(F)c(F)c3)n2)c1. The summed E-state index contributed by atoms with van der Waals surface area (Å²) in [4.78, 5) is 20.6. The molecule has 3 rings (SSSR count). The van der Waals surface area contributed by atoms with E-state index < -0.39 is 17.5 Å². The van der Waals surface area contributed by atoms with Crippen molar-refractivity contribution in [1.29, 1.82) is 0 Å². The van der Waals surface area contributed by atoms with Crippen molar-refractivity contribution in [2.45, 2.75) is 0 Å². The summed E-state index contributed by atoms with van der Waals surface area (Å²) < 4.78 is 36.7. The number of halogens is 2. The van der Waals surface area contributed by atoms with Gasteiger partial charge in [0.1, 0.15) is 17.2 Å². The summed E-state index contributed by atoms with van der Waals surface area (Å²) in [6, 6.07) is 9.65. The Balaban J connectivity index is 1.80. The number of ether oxygens (including phenoxy) is 2. The molecule has 9 heteroatoms. The van der Waals surface area contributed by atoms with E-state index in [1.165, 1.54) is 32.5 Å². The number of carbonyl (C=O) groups excluding carboxylic acids is 1. The van der Waals surface area contributed by atoms with Crippen LogP contribution in [0.15, 0.2) is 48.7 Å². The number of hydrogen-bond acceptors (Lipinski definition) is 6. The average molecular weight is 386 g/mol. The smallest absolute Gasteiger partial charge is 0.274 e. The highest BCUT2D eigenvalue weighted by Gasteiger charge is 2.13. The third-order valence-electron chi connectivity index (χ3n) is 3.72. The van der Waals surface area contributed by atoms with Crippen LogP contribution in [0.3, 0.4) is 0 Å². The van der Waals surface area contributed by atoms with Gasteiger partial charge < -0.3 is 20.1 Å². The van der Waals surface area contributed by atoms with Crippen molar-refractivity contribution >= 4 is 23.2 Å². The van der Waals surface area contributed by atoms with Gasteiger partial charge in [-0.2, -0.15) is 0 Å². The molecule has 0 saturated carbocycles. The number of carbonyl (C=O) groups is 1. The molecule has 0 unspecified atom stereocenters. The van der Waals surface area contributed by atoms with Crippen LogP contribution in [0.25, 0.3) is 0 Å². The first-order chi connectivity index (χ1) is 13.5. The molecule has 0 saturated heterocycles. The first kappa shape index (κ1) is 19.0. The van der Waals surface area contributed by atoms with Crippen LogP contribution in [0, 0.1) is 11.6 Å². The zero-order valence-corrected chi connectivity index (χ0v) is 15.0. The van der Waals surface area contributed by atoms with Gasteiger partial charge in [0.2, 0.25) is 5.95 Å². The van der Waals surface area contributed by atoms with Crippen LogP contribution in [0.1, 0.15) is 10.5 Å². The molecule has 0 bridgehead atoms. The summed E-state index contributed by atoms with van der Waals surface area (Å²) >= 11 is 0. The highest BCUT2D eigenvalue weighted by Crippen LogP contribution is 2.29. The molecular formula is C19H16F2N4O3. The standard InChI is InChI=1S/C19H16F2N4O3/c1-27-12-4-6-17(28-2)16(10-12)24-18(26)15-7-8-22-19(25-15)23-11-3-5-13(20)14(21)9-11/h3-10H,1-2H3,(H,24,26)(H,22,23,25). The minimum Gasteiger partial charge on any atom is -0.497 e. The Morgan fingerprint density at radius 2 is 1.82 bits per heavy atom. The zero-order chi connectivity index (χ0) is 20.1. The van der Waals surface area contributed by atoms with Gasteiger partial charge in [0.05, 0.1) is 19.9 Å². The van der Waals surface area contributed by atoms with Crippen LogP contribution in [-0.4, -0.2) is 30.1 Å². The molecule has 2 aromatic carbocycles. The fraction of sp³-hybridized carbons (Fsp3) is 0.105. The van der Waals surface area contributed by atoms with Gasteiger partial charge in [0, 0.05) is 24.0 Å². The summed E-state index contributed by atoms with van der Waals surface area (Å²) in [6.07, 6.45) is 1.37. The van der Waals surface area contributed by atoms with E-state index in [9.17, 15) is 13.6 Å².